The quantitative estimate of drug-likeness (QED) is 0.503. The molecule has 2 aromatic carbocycles. The Balaban J connectivity index is 2.29. The van der Waals surface area contributed by atoms with Crippen molar-refractivity contribution in [3.05, 3.63) is 84.3 Å². The van der Waals surface area contributed by atoms with Gasteiger partial charge in [0.15, 0.2) is 8.07 Å². The van der Waals surface area contributed by atoms with Gasteiger partial charge in [0.05, 0.1) is 5.38 Å². The number of rotatable bonds is 4. The van der Waals surface area contributed by atoms with Crippen LogP contribution >= 0.6 is 0 Å². The first-order valence-corrected chi connectivity index (χ1v) is 9.73. The molecule has 0 amide bonds. The predicted molar refractivity (Wildman–Crippen MR) is 89.7 cm³/mol. The van der Waals surface area contributed by atoms with Gasteiger partial charge in [0.25, 0.3) is 0 Å². The van der Waals surface area contributed by atoms with Crippen LogP contribution in [-0.2, 0) is 0 Å². The maximum atomic E-state index is 10.5. The summed E-state index contributed by atoms with van der Waals surface area (Å²) in [6.07, 6.45) is 1.81. The molecule has 0 atom stereocenters. The third-order valence-corrected chi connectivity index (χ3v) is 6.79. The van der Waals surface area contributed by atoms with Crippen LogP contribution in [0.2, 0.25) is 13.1 Å². The number of hydrogen-bond donors (Lipinski definition) is 1. The van der Waals surface area contributed by atoms with Crippen LogP contribution in [0.15, 0.2) is 78.7 Å². The molecule has 0 radical (unpaired) electrons. The van der Waals surface area contributed by atoms with Gasteiger partial charge in [-0.05, 0) is 17.2 Å². The summed E-state index contributed by atoms with van der Waals surface area (Å²) < 4.78 is 0. The molecule has 102 valence electrons. The van der Waals surface area contributed by atoms with Gasteiger partial charge in [-0.3, -0.25) is 0 Å². The van der Waals surface area contributed by atoms with Crippen molar-refractivity contribution < 1.29 is 5.11 Å². The lowest BCUT2D eigenvalue weighted by Gasteiger charge is -2.22. The molecule has 0 heterocycles. The Kier molecular flexibility index (Phi) is 4.25. The Labute approximate surface area is 121 Å². The first kappa shape index (κ1) is 14.3. The van der Waals surface area contributed by atoms with E-state index in [0.717, 1.165) is 11.1 Å². The van der Waals surface area contributed by atoms with Crippen molar-refractivity contribution in [1.82, 2.24) is 0 Å². The number of aliphatic hydroxyl groups excluding tert-OH is 1. The van der Waals surface area contributed by atoms with Crippen molar-refractivity contribution in [3.8, 4) is 0 Å². The summed E-state index contributed by atoms with van der Waals surface area (Å²) in [6, 6.07) is 20.1. The fraction of sp³-hybridized carbons (Fsp3) is 0.111. The largest absolute Gasteiger partial charge is 0.517 e. The van der Waals surface area contributed by atoms with Crippen molar-refractivity contribution in [2.24, 2.45) is 0 Å². The van der Waals surface area contributed by atoms with E-state index in [9.17, 15) is 5.11 Å². The molecule has 0 aromatic heterocycles. The lowest BCUT2D eigenvalue weighted by Crippen LogP contribution is -2.43. The Bertz CT molecular complexity index is 612. The highest BCUT2D eigenvalue weighted by Gasteiger charge is 2.28. The van der Waals surface area contributed by atoms with Gasteiger partial charge in [-0.1, -0.05) is 85.5 Å². The third kappa shape index (κ3) is 3.09. The third-order valence-electron chi connectivity index (χ3n) is 3.59. The van der Waals surface area contributed by atoms with E-state index in [1.165, 1.54) is 5.19 Å². The normalized spacial score (nSPS) is 12.2. The minimum Gasteiger partial charge on any atom is -0.517 e. The zero-order valence-corrected chi connectivity index (χ0v) is 13.0. The summed E-state index contributed by atoms with van der Waals surface area (Å²) in [5.74, 6) is 0. The van der Waals surface area contributed by atoms with Crippen LogP contribution in [-0.4, -0.2) is 13.2 Å². The van der Waals surface area contributed by atoms with E-state index in [-0.39, 0.29) is 0 Å². The number of benzene rings is 2. The molecule has 0 spiro atoms. The second kappa shape index (κ2) is 5.93. The van der Waals surface area contributed by atoms with Crippen LogP contribution < -0.4 is 5.19 Å². The summed E-state index contributed by atoms with van der Waals surface area (Å²) in [5.41, 5.74) is 1.89. The molecule has 0 saturated heterocycles. The van der Waals surface area contributed by atoms with Crippen LogP contribution in [0, 0.1) is 0 Å². The zero-order chi connectivity index (χ0) is 14.6. The molecule has 0 unspecified atom stereocenters. The highest BCUT2D eigenvalue weighted by atomic mass is 28.3. The molecule has 0 fully saturated rings. The van der Waals surface area contributed by atoms with Crippen molar-refractivity contribution in [1.29, 1.82) is 0 Å². The SMILES string of the molecule is C=C(/C=C(/O)[Si](C)(C)c1ccccc1)c1ccccc1. The minimum atomic E-state index is -2.02. The molecule has 2 aromatic rings. The van der Waals surface area contributed by atoms with Crippen LogP contribution in [0.25, 0.3) is 5.57 Å². The molecule has 1 nitrogen and oxygen atoms in total. The molecule has 1 N–H and O–H groups in total. The molecular weight excluding hydrogens is 260 g/mol. The molecular formula is C18H20OSi. The molecule has 20 heavy (non-hydrogen) atoms. The van der Waals surface area contributed by atoms with E-state index in [0.29, 0.717) is 5.38 Å². The van der Waals surface area contributed by atoms with Crippen molar-refractivity contribution in [3.63, 3.8) is 0 Å². The van der Waals surface area contributed by atoms with Gasteiger partial charge < -0.3 is 5.11 Å². The van der Waals surface area contributed by atoms with E-state index < -0.39 is 8.07 Å². The Morgan fingerprint density at radius 3 is 2.00 bits per heavy atom. The van der Waals surface area contributed by atoms with Crippen molar-refractivity contribution in [2.45, 2.75) is 13.1 Å². The molecule has 2 heteroatoms. The van der Waals surface area contributed by atoms with Gasteiger partial charge in [0.1, 0.15) is 0 Å². The first-order valence-electron chi connectivity index (χ1n) is 6.73. The van der Waals surface area contributed by atoms with E-state index in [1.54, 1.807) is 0 Å². The van der Waals surface area contributed by atoms with Gasteiger partial charge in [0, 0.05) is 0 Å². The van der Waals surface area contributed by atoms with Crippen LogP contribution in [0.5, 0.6) is 0 Å². The van der Waals surface area contributed by atoms with Gasteiger partial charge in [-0.15, -0.1) is 0 Å². The minimum absolute atomic E-state index is 0.456. The standard InChI is InChI=1S/C18H20OSi/c1-15(16-10-6-4-7-11-16)14-18(19)20(2,3)17-12-8-5-9-13-17/h4-14,19H,1H2,2-3H3/b18-14-. The average Bonchev–Trinajstić information content (AvgIpc) is 2.49. The fourth-order valence-corrected chi connectivity index (χ4v) is 3.94. The lowest BCUT2D eigenvalue weighted by molar-refractivity contribution is 0.446. The van der Waals surface area contributed by atoms with Crippen molar-refractivity contribution >= 4 is 18.8 Å². The maximum Gasteiger partial charge on any atom is 0.155 e. The Morgan fingerprint density at radius 2 is 1.45 bits per heavy atom. The van der Waals surface area contributed by atoms with Gasteiger partial charge in [0.2, 0.25) is 0 Å². The van der Waals surface area contributed by atoms with Crippen LogP contribution in [0.3, 0.4) is 0 Å². The Morgan fingerprint density at radius 1 is 0.950 bits per heavy atom. The monoisotopic (exact) mass is 280 g/mol. The number of allylic oxidation sites excluding steroid dienone is 2. The number of hydrogen-bond acceptors (Lipinski definition) is 1. The Hall–Kier alpha value is -2.06. The highest BCUT2D eigenvalue weighted by molar-refractivity contribution is 6.95. The summed E-state index contributed by atoms with van der Waals surface area (Å²) in [4.78, 5) is 0. The topological polar surface area (TPSA) is 20.2 Å². The lowest BCUT2D eigenvalue weighted by atomic mass is 10.1. The molecule has 0 aliphatic rings. The maximum absolute atomic E-state index is 10.5. The van der Waals surface area contributed by atoms with Gasteiger partial charge >= 0.3 is 0 Å². The molecule has 0 aliphatic heterocycles. The van der Waals surface area contributed by atoms with Crippen LogP contribution in [0.1, 0.15) is 5.56 Å². The van der Waals surface area contributed by atoms with E-state index in [1.807, 2.05) is 54.6 Å². The second-order valence-corrected chi connectivity index (χ2v) is 9.75. The van der Waals surface area contributed by atoms with E-state index in [2.05, 4.69) is 31.8 Å². The molecule has 0 saturated carbocycles. The highest BCUT2D eigenvalue weighted by Crippen LogP contribution is 2.19. The van der Waals surface area contributed by atoms with Crippen LogP contribution in [0.4, 0.5) is 0 Å². The molecule has 0 bridgehead atoms. The summed E-state index contributed by atoms with van der Waals surface area (Å²) in [7, 11) is -2.02. The van der Waals surface area contributed by atoms with E-state index >= 15 is 0 Å². The predicted octanol–water partition coefficient (Wildman–Crippen LogP) is 4.30. The molecule has 2 rings (SSSR count). The molecule has 0 aliphatic carbocycles. The number of aliphatic hydroxyl groups is 1. The van der Waals surface area contributed by atoms with Gasteiger partial charge in [-0.2, -0.15) is 0 Å². The first-order chi connectivity index (χ1) is 9.51. The fourth-order valence-electron chi connectivity index (χ4n) is 2.08. The van der Waals surface area contributed by atoms with Crippen molar-refractivity contribution in [2.75, 3.05) is 0 Å². The van der Waals surface area contributed by atoms with E-state index in [4.69, 9.17) is 0 Å². The average molecular weight is 280 g/mol. The summed E-state index contributed by atoms with van der Waals surface area (Å²) in [5, 5.41) is 12.2. The second-order valence-electron chi connectivity index (χ2n) is 5.41. The zero-order valence-electron chi connectivity index (χ0n) is 12.0. The van der Waals surface area contributed by atoms with Gasteiger partial charge in [-0.25, -0.2) is 0 Å². The summed E-state index contributed by atoms with van der Waals surface area (Å²) >= 11 is 0. The summed E-state index contributed by atoms with van der Waals surface area (Å²) in [6.45, 7) is 8.35. The smallest absolute Gasteiger partial charge is 0.155 e.